The fraction of sp³-hybridized carbons (Fsp3) is 0.0741. The number of rotatable bonds is 7. The molecule has 0 spiro atoms. The maximum atomic E-state index is 13.2. The van der Waals surface area contributed by atoms with Gasteiger partial charge in [0.05, 0.1) is 23.4 Å². The van der Waals surface area contributed by atoms with Crippen molar-refractivity contribution >= 4 is 22.7 Å². The number of benzene rings is 3. The lowest BCUT2D eigenvalue weighted by atomic mass is 10.0. The highest BCUT2D eigenvalue weighted by Crippen LogP contribution is 2.30. The van der Waals surface area contributed by atoms with Gasteiger partial charge in [0.25, 0.3) is 0 Å². The van der Waals surface area contributed by atoms with Crippen molar-refractivity contribution in [2.24, 2.45) is 0 Å². The van der Waals surface area contributed by atoms with E-state index < -0.39 is 5.97 Å². The molecule has 0 saturated carbocycles. The normalized spacial score (nSPS) is 10.9. The van der Waals surface area contributed by atoms with E-state index in [1.54, 1.807) is 23.0 Å². The Kier molecular flexibility index (Phi) is 5.55. The number of esters is 1. The third kappa shape index (κ3) is 4.32. The van der Waals surface area contributed by atoms with Gasteiger partial charge in [0.2, 0.25) is 5.78 Å². The zero-order valence-electron chi connectivity index (χ0n) is 17.8. The summed E-state index contributed by atoms with van der Waals surface area (Å²) in [5, 5.41) is 4.98. The van der Waals surface area contributed by atoms with Gasteiger partial charge in [-0.15, -0.1) is 0 Å². The summed E-state index contributed by atoms with van der Waals surface area (Å²) in [5.74, 6) is -0.787. The van der Waals surface area contributed by atoms with Crippen LogP contribution in [0.2, 0.25) is 0 Å². The molecule has 0 aliphatic rings. The number of aromatic amines is 1. The molecule has 162 valence electrons. The molecule has 3 aromatic carbocycles. The number of H-pyrrole nitrogens is 1. The van der Waals surface area contributed by atoms with Crippen molar-refractivity contribution in [2.75, 3.05) is 6.61 Å². The second kappa shape index (κ2) is 8.96. The van der Waals surface area contributed by atoms with Crippen LogP contribution >= 0.6 is 0 Å². The second-order valence-electron chi connectivity index (χ2n) is 7.69. The smallest absolute Gasteiger partial charge is 0.338 e. The van der Waals surface area contributed by atoms with Gasteiger partial charge >= 0.3 is 5.97 Å². The molecule has 0 aliphatic heterocycles. The van der Waals surface area contributed by atoms with E-state index in [0.29, 0.717) is 17.7 Å². The summed E-state index contributed by atoms with van der Waals surface area (Å²) in [6, 6.07) is 26.2. The number of aromatic nitrogens is 3. The van der Waals surface area contributed by atoms with E-state index in [9.17, 15) is 9.59 Å². The maximum absolute atomic E-state index is 13.2. The molecule has 1 N–H and O–H groups in total. The minimum absolute atomic E-state index is 0.255. The summed E-state index contributed by atoms with van der Waals surface area (Å²) in [7, 11) is 0. The van der Waals surface area contributed by atoms with E-state index in [1.807, 2.05) is 79.0 Å². The predicted molar refractivity (Wildman–Crippen MR) is 126 cm³/mol. The lowest BCUT2D eigenvalue weighted by Gasteiger charge is -2.07. The number of ketones is 1. The van der Waals surface area contributed by atoms with Crippen LogP contribution in [0.1, 0.15) is 26.3 Å². The van der Waals surface area contributed by atoms with E-state index in [1.165, 1.54) is 0 Å². The Morgan fingerprint density at radius 3 is 2.39 bits per heavy atom. The number of carbonyl (C=O) groups excluding carboxylic acids is 2. The summed E-state index contributed by atoms with van der Waals surface area (Å²) in [5.41, 5.74) is 4.42. The Bertz CT molecular complexity index is 1400. The summed E-state index contributed by atoms with van der Waals surface area (Å²) in [6.07, 6.45) is 3.60. The first kappa shape index (κ1) is 20.5. The number of hydrogen-bond donors (Lipinski definition) is 1. The molecule has 0 bridgehead atoms. The fourth-order valence-corrected chi connectivity index (χ4v) is 3.87. The molecule has 2 heterocycles. The van der Waals surface area contributed by atoms with Gasteiger partial charge in [0.15, 0.2) is 6.61 Å². The largest absolute Gasteiger partial charge is 0.454 e. The Labute approximate surface area is 190 Å². The van der Waals surface area contributed by atoms with Crippen molar-refractivity contribution in [3.8, 4) is 11.3 Å². The molecular weight excluding hydrogens is 414 g/mol. The number of carbonyl (C=O) groups is 2. The number of hydrogen-bond acceptors (Lipinski definition) is 4. The second-order valence-corrected chi connectivity index (χ2v) is 7.69. The highest BCUT2D eigenvalue weighted by atomic mass is 16.5. The summed E-state index contributed by atoms with van der Waals surface area (Å²) in [6.45, 7) is 0.277. The maximum Gasteiger partial charge on any atom is 0.338 e. The summed E-state index contributed by atoms with van der Waals surface area (Å²) in [4.78, 5) is 29.1. The number of fused-ring (bicyclic) bond motifs is 1. The standard InChI is InChI=1S/C27H21N3O3/c31-24(18-33-27(32)21-13-11-19(12-14-21)17-30-16-6-15-28-30)25-22-9-4-5-10-23(22)29-26(25)20-7-2-1-3-8-20/h1-16,29H,17-18H2. The van der Waals surface area contributed by atoms with Crippen LogP contribution in [0, 0.1) is 0 Å². The first-order chi connectivity index (χ1) is 16.2. The van der Waals surface area contributed by atoms with Crippen LogP contribution in [-0.2, 0) is 11.3 Å². The molecule has 33 heavy (non-hydrogen) atoms. The van der Waals surface area contributed by atoms with Crippen molar-refractivity contribution in [3.05, 3.63) is 114 Å². The van der Waals surface area contributed by atoms with Crippen LogP contribution in [0.15, 0.2) is 97.3 Å². The lowest BCUT2D eigenvalue weighted by molar-refractivity contribution is 0.0475. The number of nitrogens with zero attached hydrogens (tertiary/aromatic N) is 2. The van der Waals surface area contributed by atoms with Gasteiger partial charge in [0, 0.05) is 23.3 Å². The van der Waals surface area contributed by atoms with Crippen LogP contribution in [0.25, 0.3) is 22.2 Å². The highest BCUT2D eigenvalue weighted by Gasteiger charge is 2.21. The van der Waals surface area contributed by atoms with E-state index in [4.69, 9.17) is 4.74 Å². The molecule has 6 heteroatoms. The van der Waals surface area contributed by atoms with Gasteiger partial charge in [-0.1, -0.05) is 60.7 Å². The molecule has 0 unspecified atom stereocenters. The zero-order valence-corrected chi connectivity index (χ0v) is 17.8. The molecule has 6 nitrogen and oxygen atoms in total. The molecule has 5 aromatic rings. The highest BCUT2D eigenvalue weighted by molar-refractivity contribution is 6.14. The molecule has 0 fully saturated rings. The van der Waals surface area contributed by atoms with Crippen LogP contribution in [-0.4, -0.2) is 33.1 Å². The van der Waals surface area contributed by atoms with Gasteiger partial charge < -0.3 is 9.72 Å². The first-order valence-corrected chi connectivity index (χ1v) is 10.6. The first-order valence-electron chi connectivity index (χ1n) is 10.6. The average molecular weight is 435 g/mol. The van der Waals surface area contributed by atoms with Gasteiger partial charge in [0.1, 0.15) is 0 Å². The monoisotopic (exact) mass is 435 g/mol. The van der Waals surface area contributed by atoms with E-state index in [2.05, 4.69) is 10.1 Å². The average Bonchev–Trinajstić information content (AvgIpc) is 3.51. The quantitative estimate of drug-likeness (QED) is 0.284. The molecule has 0 saturated heterocycles. The van der Waals surface area contributed by atoms with Gasteiger partial charge in [-0.2, -0.15) is 5.10 Å². The molecular formula is C27H21N3O3. The van der Waals surface area contributed by atoms with Crippen molar-refractivity contribution in [3.63, 3.8) is 0 Å². The van der Waals surface area contributed by atoms with Crippen LogP contribution in [0.5, 0.6) is 0 Å². The number of nitrogens with one attached hydrogen (secondary N) is 1. The Morgan fingerprint density at radius 2 is 1.64 bits per heavy atom. The van der Waals surface area contributed by atoms with E-state index >= 15 is 0 Å². The number of ether oxygens (including phenoxy) is 1. The fourth-order valence-electron chi connectivity index (χ4n) is 3.87. The topological polar surface area (TPSA) is 77.0 Å². The van der Waals surface area contributed by atoms with Crippen LogP contribution in [0.3, 0.4) is 0 Å². The van der Waals surface area contributed by atoms with Crippen molar-refractivity contribution in [2.45, 2.75) is 6.54 Å². The molecule has 0 aliphatic carbocycles. The Balaban J connectivity index is 1.32. The molecule has 0 atom stereocenters. The van der Waals surface area contributed by atoms with E-state index in [-0.39, 0.29) is 12.4 Å². The van der Waals surface area contributed by atoms with Crippen molar-refractivity contribution < 1.29 is 14.3 Å². The molecule has 0 amide bonds. The number of Topliss-reactive ketones (excluding diaryl/α,β-unsaturated/α-hetero) is 1. The third-order valence-corrected chi connectivity index (χ3v) is 5.48. The minimum atomic E-state index is -0.532. The molecule has 5 rings (SSSR count). The molecule has 2 aromatic heterocycles. The van der Waals surface area contributed by atoms with E-state index in [0.717, 1.165) is 27.7 Å². The Morgan fingerprint density at radius 1 is 0.879 bits per heavy atom. The van der Waals surface area contributed by atoms with Crippen LogP contribution < -0.4 is 0 Å². The number of para-hydroxylation sites is 1. The van der Waals surface area contributed by atoms with Crippen molar-refractivity contribution in [1.29, 1.82) is 0 Å². The molecule has 0 radical (unpaired) electrons. The van der Waals surface area contributed by atoms with Crippen LogP contribution in [0.4, 0.5) is 0 Å². The Hall–Kier alpha value is -4.45. The minimum Gasteiger partial charge on any atom is -0.454 e. The van der Waals surface area contributed by atoms with Gasteiger partial charge in [-0.3, -0.25) is 9.48 Å². The summed E-state index contributed by atoms with van der Waals surface area (Å²) >= 11 is 0. The van der Waals surface area contributed by atoms with Gasteiger partial charge in [-0.05, 0) is 35.4 Å². The SMILES string of the molecule is O=C(OCC(=O)c1c(-c2ccccc2)[nH]c2ccccc12)c1ccc(Cn2cccn2)cc1. The lowest BCUT2D eigenvalue weighted by Crippen LogP contribution is -2.15. The third-order valence-electron chi connectivity index (χ3n) is 5.48. The van der Waals surface area contributed by atoms with Crippen molar-refractivity contribution in [1.82, 2.24) is 14.8 Å². The zero-order chi connectivity index (χ0) is 22.6. The predicted octanol–water partition coefficient (Wildman–Crippen LogP) is 5.12. The van der Waals surface area contributed by atoms with Gasteiger partial charge in [-0.25, -0.2) is 4.79 Å². The summed E-state index contributed by atoms with van der Waals surface area (Å²) < 4.78 is 7.18.